The van der Waals surface area contributed by atoms with Gasteiger partial charge in [-0.2, -0.15) is 0 Å². The molecule has 0 unspecified atom stereocenters. The van der Waals surface area contributed by atoms with Crippen molar-refractivity contribution in [3.63, 3.8) is 0 Å². The van der Waals surface area contributed by atoms with Gasteiger partial charge in [-0.15, -0.1) is 0 Å². The molecule has 24 heavy (non-hydrogen) atoms. The Morgan fingerprint density at radius 3 is 2.42 bits per heavy atom. The van der Waals surface area contributed by atoms with Crippen LogP contribution in [0.15, 0.2) is 54.9 Å². The molecule has 2 rings (SSSR count). The fraction of sp³-hybridized carbons (Fsp3) is 0.316. The van der Waals surface area contributed by atoms with E-state index in [1.54, 1.807) is 41.6 Å². The number of rotatable bonds is 7. The predicted octanol–water partition coefficient (Wildman–Crippen LogP) is 2.64. The van der Waals surface area contributed by atoms with Gasteiger partial charge < -0.3 is 10.2 Å². The van der Waals surface area contributed by atoms with Gasteiger partial charge in [-0.25, -0.2) is 0 Å². The number of hydrogen-bond donors (Lipinski definition) is 1. The highest BCUT2D eigenvalue weighted by atomic mass is 16.2. The topological polar surface area (TPSA) is 62.3 Å². The third-order valence-corrected chi connectivity index (χ3v) is 3.98. The van der Waals surface area contributed by atoms with E-state index in [0.29, 0.717) is 12.1 Å². The van der Waals surface area contributed by atoms with Gasteiger partial charge in [0, 0.05) is 30.5 Å². The van der Waals surface area contributed by atoms with Crippen molar-refractivity contribution in [2.45, 2.75) is 32.9 Å². The summed E-state index contributed by atoms with van der Waals surface area (Å²) in [5.41, 5.74) is 1.57. The Bertz CT molecular complexity index is 659. The zero-order valence-corrected chi connectivity index (χ0v) is 14.1. The number of aromatic nitrogens is 1. The number of amides is 2. The number of pyridine rings is 1. The summed E-state index contributed by atoms with van der Waals surface area (Å²) in [7, 11) is 0. The Kier molecular flexibility index (Phi) is 6.49. The number of nitrogens with one attached hydrogen (secondary N) is 1. The lowest BCUT2D eigenvalue weighted by molar-refractivity contribution is -0.132. The summed E-state index contributed by atoms with van der Waals surface area (Å²) in [6.45, 7) is 4.55. The van der Waals surface area contributed by atoms with Gasteiger partial charge >= 0.3 is 0 Å². The summed E-state index contributed by atoms with van der Waals surface area (Å²) in [5, 5.41) is 2.70. The van der Waals surface area contributed by atoms with Crippen molar-refractivity contribution in [1.82, 2.24) is 15.2 Å². The van der Waals surface area contributed by atoms with E-state index in [9.17, 15) is 9.59 Å². The molecule has 1 atom stereocenters. The summed E-state index contributed by atoms with van der Waals surface area (Å²) in [6.07, 6.45) is 4.28. The molecule has 0 aliphatic heterocycles. The molecular formula is C19H23N3O2. The summed E-state index contributed by atoms with van der Waals surface area (Å²) in [5.74, 6) is -0.331. The molecular weight excluding hydrogens is 302 g/mol. The van der Waals surface area contributed by atoms with Gasteiger partial charge in [0.25, 0.3) is 5.91 Å². The molecule has 5 nitrogen and oxygen atoms in total. The van der Waals surface area contributed by atoms with Crippen LogP contribution in [-0.2, 0) is 11.3 Å². The second-order valence-electron chi connectivity index (χ2n) is 5.68. The molecule has 5 heteroatoms. The molecule has 1 aromatic heterocycles. The molecule has 2 aromatic rings. The fourth-order valence-corrected chi connectivity index (χ4v) is 2.34. The number of hydrogen-bond acceptors (Lipinski definition) is 3. The Morgan fingerprint density at radius 2 is 1.79 bits per heavy atom. The minimum absolute atomic E-state index is 0.0108. The molecule has 1 aromatic carbocycles. The third kappa shape index (κ3) is 4.91. The highest BCUT2D eigenvalue weighted by Crippen LogP contribution is 2.10. The van der Waals surface area contributed by atoms with Crippen LogP contribution in [0.4, 0.5) is 0 Å². The molecule has 0 radical (unpaired) electrons. The molecule has 0 bridgehead atoms. The molecule has 1 heterocycles. The van der Waals surface area contributed by atoms with E-state index in [2.05, 4.69) is 10.3 Å². The van der Waals surface area contributed by atoms with Crippen molar-refractivity contribution in [1.29, 1.82) is 0 Å². The van der Waals surface area contributed by atoms with E-state index in [0.717, 1.165) is 12.0 Å². The maximum atomic E-state index is 12.6. The second kappa shape index (κ2) is 8.82. The molecule has 1 N–H and O–H groups in total. The Balaban J connectivity index is 1.99. The molecule has 0 fully saturated rings. The van der Waals surface area contributed by atoms with Crippen LogP contribution >= 0.6 is 0 Å². The van der Waals surface area contributed by atoms with Crippen LogP contribution in [0.5, 0.6) is 0 Å². The molecule has 0 aliphatic rings. The number of carbonyl (C=O) groups excluding carboxylic acids is 2. The average molecular weight is 325 g/mol. The number of benzene rings is 1. The van der Waals surface area contributed by atoms with Crippen LogP contribution in [0.2, 0.25) is 0 Å². The molecule has 0 aliphatic carbocycles. The SMILES string of the molecule is CC[C@@H](C)N(Cc1ccncc1)C(=O)CNC(=O)c1ccccc1. The van der Waals surface area contributed by atoms with Crippen LogP contribution in [0.1, 0.15) is 36.2 Å². The zero-order valence-electron chi connectivity index (χ0n) is 14.1. The van der Waals surface area contributed by atoms with E-state index < -0.39 is 0 Å². The van der Waals surface area contributed by atoms with Gasteiger partial charge in [0.1, 0.15) is 0 Å². The Morgan fingerprint density at radius 1 is 1.12 bits per heavy atom. The summed E-state index contributed by atoms with van der Waals surface area (Å²) in [4.78, 5) is 30.4. The van der Waals surface area contributed by atoms with Crippen molar-refractivity contribution in [3.8, 4) is 0 Å². The van der Waals surface area contributed by atoms with E-state index >= 15 is 0 Å². The van der Waals surface area contributed by atoms with E-state index in [1.807, 2.05) is 32.0 Å². The quantitative estimate of drug-likeness (QED) is 0.851. The van der Waals surface area contributed by atoms with E-state index in [4.69, 9.17) is 0 Å². The largest absolute Gasteiger partial charge is 0.343 e. The molecule has 0 spiro atoms. The molecule has 0 saturated heterocycles. The van der Waals surface area contributed by atoms with Crippen molar-refractivity contribution in [2.75, 3.05) is 6.54 Å². The molecule has 2 amide bonds. The van der Waals surface area contributed by atoms with Gasteiger partial charge in [-0.1, -0.05) is 25.1 Å². The average Bonchev–Trinajstić information content (AvgIpc) is 2.64. The van der Waals surface area contributed by atoms with Gasteiger partial charge in [-0.3, -0.25) is 14.6 Å². The van der Waals surface area contributed by atoms with Crippen molar-refractivity contribution >= 4 is 11.8 Å². The van der Waals surface area contributed by atoms with E-state index in [1.165, 1.54) is 0 Å². The summed E-state index contributed by atoms with van der Waals surface area (Å²) < 4.78 is 0. The van der Waals surface area contributed by atoms with Crippen LogP contribution in [-0.4, -0.2) is 34.3 Å². The monoisotopic (exact) mass is 325 g/mol. The first kappa shape index (κ1) is 17.7. The first-order valence-electron chi connectivity index (χ1n) is 8.13. The van der Waals surface area contributed by atoms with Crippen LogP contribution in [0.3, 0.4) is 0 Å². The Hall–Kier alpha value is -2.69. The molecule has 0 saturated carbocycles. The predicted molar refractivity (Wildman–Crippen MR) is 93.3 cm³/mol. The zero-order chi connectivity index (χ0) is 17.4. The van der Waals surface area contributed by atoms with Gasteiger partial charge in [0.05, 0.1) is 6.54 Å². The lowest BCUT2D eigenvalue weighted by Gasteiger charge is -2.29. The standard InChI is InChI=1S/C19H23N3O2/c1-3-15(2)22(14-16-9-11-20-12-10-16)18(23)13-21-19(24)17-7-5-4-6-8-17/h4-12,15H,3,13-14H2,1-2H3,(H,21,24)/t15-/m1/s1. The van der Waals surface area contributed by atoms with Crippen molar-refractivity contribution in [2.24, 2.45) is 0 Å². The summed E-state index contributed by atoms with van der Waals surface area (Å²) >= 11 is 0. The number of carbonyl (C=O) groups is 2. The highest BCUT2D eigenvalue weighted by molar-refractivity contribution is 5.96. The smallest absolute Gasteiger partial charge is 0.251 e. The number of nitrogens with zero attached hydrogens (tertiary/aromatic N) is 2. The first-order chi connectivity index (χ1) is 11.6. The maximum absolute atomic E-state index is 12.6. The lowest BCUT2D eigenvalue weighted by Crippen LogP contribution is -2.44. The van der Waals surface area contributed by atoms with Crippen LogP contribution in [0, 0.1) is 0 Å². The van der Waals surface area contributed by atoms with Crippen molar-refractivity contribution in [3.05, 3.63) is 66.0 Å². The van der Waals surface area contributed by atoms with Gasteiger partial charge in [0.2, 0.25) is 5.91 Å². The lowest BCUT2D eigenvalue weighted by atomic mass is 10.1. The third-order valence-electron chi connectivity index (χ3n) is 3.98. The Labute approximate surface area is 142 Å². The first-order valence-corrected chi connectivity index (χ1v) is 8.13. The van der Waals surface area contributed by atoms with Crippen LogP contribution < -0.4 is 5.32 Å². The van der Waals surface area contributed by atoms with Crippen molar-refractivity contribution < 1.29 is 9.59 Å². The maximum Gasteiger partial charge on any atom is 0.251 e. The van der Waals surface area contributed by atoms with Gasteiger partial charge in [-0.05, 0) is 43.2 Å². The van der Waals surface area contributed by atoms with Crippen LogP contribution in [0.25, 0.3) is 0 Å². The summed E-state index contributed by atoms with van der Waals surface area (Å²) in [6, 6.07) is 12.8. The second-order valence-corrected chi connectivity index (χ2v) is 5.68. The highest BCUT2D eigenvalue weighted by Gasteiger charge is 2.20. The fourth-order valence-electron chi connectivity index (χ4n) is 2.34. The minimum Gasteiger partial charge on any atom is -0.343 e. The molecule has 126 valence electrons. The normalized spacial score (nSPS) is 11.6. The minimum atomic E-state index is -0.239. The van der Waals surface area contributed by atoms with E-state index in [-0.39, 0.29) is 24.4 Å². The van der Waals surface area contributed by atoms with Gasteiger partial charge in [0.15, 0.2) is 0 Å².